The quantitative estimate of drug-likeness (QED) is 0.873. The van der Waals surface area contributed by atoms with Crippen LogP contribution in [0.4, 0.5) is 0 Å². The second-order valence-electron chi connectivity index (χ2n) is 5.09. The van der Waals surface area contributed by atoms with Crippen LogP contribution in [0.25, 0.3) is 0 Å². The Kier molecular flexibility index (Phi) is 3.78. The van der Waals surface area contributed by atoms with Crippen molar-refractivity contribution in [2.75, 3.05) is 0 Å². The van der Waals surface area contributed by atoms with E-state index in [1.165, 1.54) is 0 Å². The highest BCUT2D eigenvalue weighted by atomic mass is 16.6. The molecule has 5 nitrogen and oxygen atoms in total. The standard InChI is InChI=1S/C17H15NO4/c18-16(19)12-7-5-11(6-8-12)10-21-17(20)15-9-13-3-1-2-4-14(13)22-15/h1-8,15H,9-10H2,(H2,18,19)/t15-/m0/s1. The Morgan fingerprint density at radius 2 is 1.86 bits per heavy atom. The summed E-state index contributed by atoms with van der Waals surface area (Å²) in [6, 6.07) is 14.2. The van der Waals surface area contributed by atoms with Gasteiger partial charge in [0.15, 0.2) is 6.10 Å². The highest BCUT2D eigenvalue weighted by molar-refractivity contribution is 5.92. The van der Waals surface area contributed by atoms with Crippen LogP contribution in [0.3, 0.4) is 0 Å². The number of hydrogen-bond donors (Lipinski definition) is 1. The maximum Gasteiger partial charge on any atom is 0.348 e. The lowest BCUT2D eigenvalue weighted by Gasteiger charge is -2.10. The summed E-state index contributed by atoms with van der Waals surface area (Å²) in [5.74, 6) is -0.147. The SMILES string of the molecule is NC(=O)c1ccc(COC(=O)[C@@H]2Cc3ccccc3O2)cc1. The molecule has 1 aliphatic rings. The molecule has 3 rings (SSSR count). The van der Waals surface area contributed by atoms with Crippen molar-refractivity contribution in [2.24, 2.45) is 5.73 Å². The molecule has 2 N–H and O–H groups in total. The summed E-state index contributed by atoms with van der Waals surface area (Å²) in [7, 11) is 0. The van der Waals surface area contributed by atoms with Crippen LogP contribution in [0.5, 0.6) is 5.75 Å². The number of primary amides is 1. The molecule has 112 valence electrons. The molecule has 1 amide bonds. The number of rotatable bonds is 4. The largest absolute Gasteiger partial charge is 0.478 e. The minimum atomic E-state index is -0.595. The van der Waals surface area contributed by atoms with Crippen LogP contribution in [0.1, 0.15) is 21.5 Å². The number of amides is 1. The van der Waals surface area contributed by atoms with Gasteiger partial charge < -0.3 is 15.2 Å². The predicted molar refractivity (Wildman–Crippen MR) is 79.3 cm³/mol. The maximum absolute atomic E-state index is 12.0. The van der Waals surface area contributed by atoms with Crippen LogP contribution in [0.2, 0.25) is 0 Å². The molecule has 1 heterocycles. The first kappa shape index (κ1) is 14.1. The molecule has 5 heteroatoms. The van der Waals surface area contributed by atoms with Gasteiger partial charge in [-0.05, 0) is 29.3 Å². The summed E-state index contributed by atoms with van der Waals surface area (Å²) in [6.07, 6.45) is -0.0717. The molecule has 0 bridgehead atoms. The average Bonchev–Trinajstić information content (AvgIpc) is 2.97. The third-order valence-electron chi connectivity index (χ3n) is 3.53. The predicted octanol–water partition coefficient (Wildman–Crippen LogP) is 1.83. The monoisotopic (exact) mass is 297 g/mol. The lowest BCUT2D eigenvalue weighted by molar-refractivity contribution is -0.152. The van der Waals surface area contributed by atoms with E-state index in [4.69, 9.17) is 15.2 Å². The molecule has 0 spiro atoms. The summed E-state index contributed by atoms with van der Waals surface area (Å²) in [6.45, 7) is 0.133. The molecule has 0 aromatic heterocycles. The van der Waals surface area contributed by atoms with E-state index in [-0.39, 0.29) is 6.61 Å². The fourth-order valence-corrected chi connectivity index (χ4v) is 2.33. The zero-order valence-electron chi connectivity index (χ0n) is 11.8. The second-order valence-corrected chi connectivity index (χ2v) is 5.09. The molecule has 0 fully saturated rings. The van der Waals surface area contributed by atoms with E-state index in [1.54, 1.807) is 24.3 Å². The fourth-order valence-electron chi connectivity index (χ4n) is 2.33. The Bertz CT molecular complexity index is 684. The molecule has 0 saturated carbocycles. The number of para-hydroxylation sites is 1. The van der Waals surface area contributed by atoms with E-state index in [2.05, 4.69) is 0 Å². The van der Waals surface area contributed by atoms with Crippen molar-refractivity contribution in [3.05, 3.63) is 65.2 Å². The summed E-state index contributed by atoms with van der Waals surface area (Å²) in [4.78, 5) is 23.0. The average molecular weight is 297 g/mol. The Labute approximate surface area is 127 Å². The van der Waals surface area contributed by atoms with Crippen LogP contribution < -0.4 is 10.5 Å². The van der Waals surface area contributed by atoms with Crippen molar-refractivity contribution < 1.29 is 19.1 Å². The molecule has 0 saturated heterocycles. The molecule has 22 heavy (non-hydrogen) atoms. The number of fused-ring (bicyclic) bond motifs is 1. The van der Waals surface area contributed by atoms with E-state index in [9.17, 15) is 9.59 Å². The first-order valence-corrected chi connectivity index (χ1v) is 6.93. The smallest absolute Gasteiger partial charge is 0.348 e. The van der Waals surface area contributed by atoms with Gasteiger partial charge >= 0.3 is 5.97 Å². The van der Waals surface area contributed by atoms with Gasteiger partial charge in [0.25, 0.3) is 0 Å². The molecular weight excluding hydrogens is 282 g/mol. The molecule has 0 radical (unpaired) electrons. The minimum Gasteiger partial charge on any atom is -0.478 e. The van der Waals surface area contributed by atoms with E-state index in [0.29, 0.717) is 12.0 Å². The number of esters is 1. The van der Waals surface area contributed by atoms with Gasteiger partial charge in [0, 0.05) is 12.0 Å². The second kappa shape index (κ2) is 5.89. The molecule has 2 aromatic carbocycles. The van der Waals surface area contributed by atoms with Gasteiger partial charge in [0.05, 0.1) is 0 Å². The first-order valence-electron chi connectivity index (χ1n) is 6.93. The number of hydrogen-bond acceptors (Lipinski definition) is 4. The zero-order chi connectivity index (χ0) is 15.5. The van der Waals surface area contributed by atoms with Gasteiger partial charge in [-0.15, -0.1) is 0 Å². The molecule has 1 aliphatic heterocycles. The van der Waals surface area contributed by atoms with Gasteiger partial charge in [-0.2, -0.15) is 0 Å². The van der Waals surface area contributed by atoms with Crippen LogP contribution in [-0.4, -0.2) is 18.0 Å². The topological polar surface area (TPSA) is 78.6 Å². The summed E-state index contributed by atoms with van der Waals surface area (Å²) in [5.41, 5.74) is 7.39. The first-order chi connectivity index (χ1) is 10.6. The van der Waals surface area contributed by atoms with E-state index >= 15 is 0 Å². The van der Waals surface area contributed by atoms with Crippen molar-refractivity contribution >= 4 is 11.9 Å². The van der Waals surface area contributed by atoms with Gasteiger partial charge in [0.1, 0.15) is 12.4 Å². The van der Waals surface area contributed by atoms with Crippen molar-refractivity contribution in [2.45, 2.75) is 19.1 Å². The third-order valence-corrected chi connectivity index (χ3v) is 3.53. The van der Waals surface area contributed by atoms with Crippen molar-refractivity contribution in [1.82, 2.24) is 0 Å². The Hall–Kier alpha value is -2.82. The number of nitrogens with two attached hydrogens (primary N) is 1. The van der Waals surface area contributed by atoms with E-state index < -0.39 is 18.0 Å². The number of carbonyl (C=O) groups is 2. The highest BCUT2D eigenvalue weighted by Crippen LogP contribution is 2.28. The number of carbonyl (C=O) groups excluding carboxylic acids is 2. The normalized spacial score (nSPS) is 15.7. The van der Waals surface area contributed by atoms with E-state index in [1.807, 2.05) is 24.3 Å². The van der Waals surface area contributed by atoms with E-state index in [0.717, 1.165) is 16.9 Å². The molecular formula is C17H15NO4. The summed E-state index contributed by atoms with van der Waals surface area (Å²) < 4.78 is 10.8. The Balaban J connectivity index is 1.56. The highest BCUT2D eigenvalue weighted by Gasteiger charge is 2.30. The van der Waals surface area contributed by atoms with Crippen LogP contribution in [-0.2, 0) is 22.6 Å². The van der Waals surface area contributed by atoms with Gasteiger partial charge in [-0.3, -0.25) is 4.79 Å². The van der Waals surface area contributed by atoms with Gasteiger partial charge in [0.2, 0.25) is 5.91 Å². The lowest BCUT2D eigenvalue weighted by Crippen LogP contribution is -2.27. The van der Waals surface area contributed by atoms with Crippen LogP contribution >= 0.6 is 0 Å². The molecule has 0 aliphatic carbocycles. The van der Waals surface area contributed by atoms with Crippen molar-refractivity contribution in [3.63, 3.8) is 0 Å². The molecule has 0 unspecified atom stereocenters. The maximum atomic E-state index is 12.0. The number of benzene rings is 2. The van der Waals surface area contributed by atoms with Gasteiger partial charge in [-0.1, -0.05) is 30.3 Å². The summed E-state index contributed by atoms with van der Waals surface area (Å²) >= 11 is 0. The lowest BCUT2D eigenvalue weighted by atomic mass is 10.1. The van der Waals surface area contributed by atoms with Crippen molar-refractivity contribution in [3.8, 4) is 5.75 Å². The molecule has 1 atom stereocenters. The number of ether oxygens (including phenoxy) is 2. The van der Waals surface area contributed by atoms with Crippen LogP contribution in [0.15, 0.2) is 48.5 Å². The third kappa shape index (κ3) is 2.93. The summed E-state index contributed by atoms with van der Waals surface area (Å²) in [5, 5.41) is 0. The van der Waals surface area contributed by atoms with Crippen molar-refractivity contribution in [1.29, 1.82) is 0 Å². The fraction of sp³-hybridized carbons (Fsp3) is 0.176. The van der Waals surface area contributed by atoms with Crippen LogP contribution in [0, 0.1) is 0 Å². The van der Waals surface area contributed by atoms with Gasteiger partial charge in [-0.25, -0.2) is 4.79 Å². The minimum absolute atomic E-state index is 0.133. The Morgan fingerprint density at radius 1 is 1.14 bits per heavy atom. The molecule has 2 aromatic rings. The Morgan fingerprint density at radius 3 is 2.55 bits per heavy atom. The zero-order valence-corrected chi connectivity index (χ0v) is 11.8.